The molecule has 1 aliphatic heterocycles. The lowest BCUT2D eigenvalue weighted by Gasteiger charge is -2.48. The van der Waals surface area contributed by atoms with Gasteiger partial charge in [-0.15, -0.1) is 0 Å². The lowest BCUT2D eigenvalue weighted by atomic mass is 9.89. The highest BCUT2D eigenvalue weighted by atomic mass is 35.5. The number of esters is 1. The fraction of sp³-hybridized carbons (Fsp3) is 0.429. The molecule has 3 aromatic rings. The lowest BCUT2D eigenvalue weighted by molar-refractivity contribution is -0.188. The largest absolute Gasteiger partial charge is 0.493 e. The molecule has 4 unspecified atom stereocenters. The van der Waals surface area contributed by atoms with Gasteiger partial charge in [-0.1, -0.05) is 60.5 Å². The molecule has 242 valence electrons. The van der Waals surface area contributed by atoms with Crippen LogP contribution in [0.2, 0.25) is 10.0 Å². The third kappa shape index (κ3) is 8.91. The molecule has 1 fully saturated rings. The first-order valence-electron chi connectivity index (χ1n) is 14.9. The molecule has 1 amide bonds. The monoisotopic (exact) mass is 657 g/mol. The van der Waals surface area contributed by atoms with E-state index < -0.39 is 29.8 Å². The molecular formula is C35H41Cl2NO7. The van der Waals surface area contributed by atoms with Gasteiger partial charge in [-0.05, 0) is 80.3 Å². The summed E-state index contributed by atoms with van der Waals surface area (Å²) in [7, 11) is 3.17. The second kappa shape index (κ2) is 15.3. The van der Waals surface area contributed by atoms with E-state index in [0.717, 1.165) is 16.7 Å². The molecule has 1 heterocycles. The van der Waals surface area contributed by atoms with Crippen LogP contribution >= 0.6 is 23.2 Å². The van der Waals surface area contributed by atoms with E-state index in [-0.39, 0.29) is 25.0 Å². The van der Waals surface area contributed by atoms with Crippen molar-refractivity contribution in [2.24, 2.45) is 0 Å². The Morgan fingerprint density at radius 3 is 2.27 bits per heavy atom. The van der Waals surface area contributed by atoms with Gasteiger partial charge in [0.1, 0.15) is 17.8 Å². The molecule has 0 aliphatic carbocycles. The predicted molar refractivity (Wildman–Crippen MR) is 174 cm³/mol. The average Bonchev–Trinajstić information content (AvgIpc) is 3.00. The third-order valence-electron chi connectivity index (χ3n) is 7.48. The fourth-order valence-electron chi connectivity index (χ4n) is 5.45. The SMILES string of the molecule is CCC(COCc1ccc(OC)c(OC)c1)N1C(=O)C(CC(=O)OC(C)(C)C)OC(c2cccc(Cl)c2)C1c1ccc(Cl)cc1. The zero-order valence-electron chi connectivity index (χ0n) is 26.5. The first-order chi connectivity index (χ1) is 21.4. The van der Waals surface area contributed by atoms with Crippen molar-refractivity contribution in [1.29, 1.82) is 0 Å². The van der Waals surface area contributed by atoms with Gasteiger partial charge in [-0.25, -0.2) is 0 Å². The van der Waals surface area contributed by atoms with Crippen LogP contribution in [0.1, 0.15) is 69.4 Å². The Bertz CT molecular complexity index is 1460. The van der Waals surface area contributed by atoms with Gasteiger partial charge in [0.15, 0.2) is 11.5 Å². The van der Waals surface area contributed by atoms with E-state index in [1.165, 1.54) is 0 Å². The number of nitrogens with zero attached hydrogens (tertiary/aromatic N) is 1. The van der Waals surface area contributed by atoms with Gasteiger partial charge in [0.25, 0.3) is 5.91 Å². The molecule has 1 saturated heterocycles. The van der Waals surface area contributed by atoms with Crippen molar-refractivity contribution in [2.75, 3.05) is 20.8 Å². The molecule has 45 heavy (non-hydrogen) atoms. The van der Waals surface area contributed by atoms with E-state index in [1.807, 2.05) is 60.4 Å². The van der Waals surface area contributed by atoms with Crippen LogP contribution in [0.3, 0.4) is 0 Å². The maximum absolute atomic E-state index is 14.4. The van der Waals surface area contributed by atoms with Crippen molar-refractivity contribution in [2.45, 2.75) is 77.0 Å². The fourth-order valence-corrected chi connectivity index (χ4v) is 5.78. The Balaban J connectivity index is 1.70. The Labute approximate surface area is 275 Å². The first kappa shape index (κ1) is 34.6. The van der Waals surface area contributed by atoms with E-state index >= 15 is 0 Å². The van der Waals surface area contributed by atoms with Crippen LogP contribution in [0.25, 0.3) is 0 Å². The quantitative estimate of drug-likeness (QED) is 0.184. The molecule has 0 aromatic heterocycles. The van der Waals surface area contributed by atoms with Crippen molar-refractivity contribution in [3.8, 4) is 11.5 Å². The number of morpholine rings is 1. The van der Waals surface area contributed by atoms with E-state index in [0.29, 0.717) is 34.6 Å². The van der Waals surface area contributed by atoms with Gasteiger partial charge >= 0.3 is 5.97 Å². The topological polar surface area (TPSA) is 83.5 Å². The van der Waals surface area contributed by atoms with Gasteiger partial charge in [0.2, 0.25) is 0 Å². The van der Waals surface area contributed by atoms with E-state index in [9.17, 15) is 9.59 Å². The van der Waals surface area contributed by atoms with Gasteiger partial charge in [-0.3, -0.25) is 9.59 Å². The summed E-state index contributed by atoms with van der Waals surface area (Å²) in [5.74, 6) is 0.389. The maximum Gasteiger partial charge on any atom is 0.309 e. The Hall–Kier alpha value is -3.30. The van der Waals surface area contributed by atoms with Crippen LogP contribution in [-0.4, -0.2) is 55.3 Å². The van der Waals surface area contributed by atoms with Crippen LogP contribution < -0.4 is 9.47 Å². The Morgan fingerprint density at radius 1 is 0.933 bits per heavy atom. The van der Waals surface area contributed by atoms with Crippen LogP contribution in [0.4, 0.5) is 0 Å². The number of amides is 1. The van der Waals surface area contributed by atoms with Crippen LogP contribution in [0.15, 0.2) is 66.7 Å². The summed E-state index contributed by atoms with van der Waals surface area (Å²) >= 11 is 12.7. The van der Waals surface area contributed by atoms with Crippen molar-refractivity contribution >= 4 is 35.1 Å². The third-order valence-corrected chi connectivity index (χ3v) is 7.97. The standard InChI is InChI=1S/C35H41Cl2NO7/c1-7-27(21-43-20-22-11-16-28(41-5)29(17-22)42-6)38-32(23-12-14-25(36)15-13-23)33(24-9-8-10-26(37)18-24)44-30(34(38)40)19-31(39)45-35(2,3)4/h8-18,27,30,32-33H,7,19-21H2,1-6H3. The smallest absolute Gasteiger partial charge is 0.309 e. The number of benzene rings is 3. The summed E-state index contributed by atoms with van der Waals surface area (Å²) in [6.07, 6.45) is -1.37. The summed E-state index contributed by atoms with van der Waals surface area (Å²) in [6, 6.07) is 19.4. The Kier molecular flexibility index (Phi) is 11.8. The number of carbonyl (C=O) groups is 2. The highest BCUT2D eigenvalue weighted by molar-refractivity contribution is 6.30. The molecule has 0 N–H and O–H groups in total. The average molecular weight is 659 g/mol. The molecule has 0 saturated carbocycles. The number of halogens is 2. The lowest BCUT2D eigenvalue weighted by Crippen LogP contribution is -2.56. The summed E-state index contributed by atoms with van der Waals surface area (Å²) < 4.78 is 29.1. The summed E-state index contributed by atoms with van der Waals surface area (Å²) in [4.78, 5) is 29.2. The minimum atomic E-state index is -1.08. The van der Waals surface area contributed by atoms with Crippen molar-refractivity contribution < 1.29 is 33.3 Å². The molecular weight excluding hydrogens is 617 g/mol. The summed E-state index contributed by atoms with van der Waals surface area (Å²) in [6.45, 7) is 7.89. The first-order valence-corrected chi connectivity index (χ1v) is 15.7. The highest BCUT2D eigenvalue weighted by Gasteiger charge is 2.47. The molecule has 3 aromatic carbocycles. The van der Waals surface area contributed by atoms with Gasteiger partial charge in [0.05, 0.1) is 45.9 Å². The van der Waals surface area contributed by atoms with Crippen molar-refractivity contribution in [3.63, 3.8) is 0 Å². The molecule has 8 nitrogen and oxygen atoms in total. The molecule has 0 bridgehead atoms. The molecule has 0 radical (unpaired) electrons. The van der Waals surface area contributed by atoms with Crippen LogP contribution in [0.5, 0.6) is 11.5 Å². The minimum absolute atomic E-state index is 0.236. The van der Waals surface area contributed by atoms with Gasteiger partial charge < -0.3 is 28.6 Å². The van der Waals surface area contributed by atoms with Crippen molar-refractivity contribution in [3.05, 3.63) is 93.5 Å². The Morgan fingerprint density at radius 2 is 1.64 bits per heavy atom. The van der Waals surface area contributed by atoms with Crippen LogP contribution in [-0.2, 0) is 30.4 Å². The molecule has 4 atom stereocenters. The molecule has 1 aliphatic rings. The zero-order valence-corrected chi connectivity index (χ0v) is 28.1. The number of rotatable bonds is 12. The van der Waals surface area contributed by atoms with E-state index in [1.54, 1.807) is 53.2 Å². The maximum atomic E-state index is 14.4. The van der Waals surface area contributed by atoms with Crippen LogP contribution in [0, 0.1) is 0 Å². The minimum Gasteiger partial charge on any atom is -0.493 e. The van der Waals surface area contributed by atoms with E-state index in [4.69, 9.17) is 46.9 Å². The highest BCUT2D eigenvalue weighted by Crippen LogP contribution is 2.45. The van der Waals surface area contributed by atoms with Gasteiger partial charge in [-0.2, -0.15) is 0 Å². The second-order valence-corrected chi connectivity index (χ2v) is 12.8. The molecule has 4 rings (SSSR count). The summed E-state index contributed by atoms with van der Waals surface area (Å²) in [5.41, 5.74) is 1.78. The molecule has 0 spiro atoms. The predicted octanol–water partition coefficient (Wildman–Crippen LogP) is 7.75. The second-order valence-electron chi connectivity index (χ2n) is 11.9. The number of methoxy groups -OCH3 is 2. The van der Waals surface area contributed by atoms with Gasteiger partial charge in [0, 0.05) is 10.0 Å². The number of carbonyl (C=O) groups excluding carboxylic acids is 2. The zero-order chi connectivity index (χ0) is 32.7. The normalized spacial score (nSPS) is 19.2. The van der Waals surface area contributed by atoms with E-state index in [2.05, 4.69) is 0 Å². The number of hydrogen-bond acceptors (Lipinski definition) is 7. The number of hydrogen-bond donors (Lipinski definition) is 0. The van der Waals surface area contributed by atoms with Crippen molar-refractivity contribution in [1.82, 2.24) is 4.90 Å². The number of ether oxygens (including phenoxy) is 5. The molecule has 10 heteroatoms. The summed E-state index contributed by atoms with van der Waals surface area (Å²) in [5, 5.41) is 1.10.